The summed E-state index contributed by atoms with van der Waals surface area (Å²) in [5.41, 5.74) is 0.740. The number of carbonyl (C=O) groups excluding carboxylic acids is 5. The van der Waals surface area contributed by atoms with E-state index in [4.69, 9.17) is 0 Å². The number of benzene rings is 1. The first kappa shape index (κ1) is 23.9. The number of imide groups is 2. The van der Waals surface area contributed by atoms with Gasteiger partial charge < -0.3 is 5.32 Å². The largest absolute Gasteiger partial charge is 0.350 e. The number of hydrogen-bond acceptors (Lipinski definition) is 7. The molecule has 3 heterocycles. The van der Waals surface area contributed by atoms with Crippen molar-refractivity contribution in [3.05, 3.63) is 62.2 Å². The molecular formula is C24H23N3O5S2. The Labute approximate surface area is 205 Å². The monoisotopic (exact) mass is 497 g/mol. The minimum absolute atomic E-state index is 0.0313. The zero-order chi connectivity index (χ0) is 24.4. The number of fused-ring (bicyclic) bond motifs is 1. The van der Waals surface area contributed by atoms with Gasteiger partial charge in [0.1, 0.15) is 0 Å². The van der Waals surface area contributed by atoms with E-state index in [1.54, 1.807) is 6.08 Å². The lowest BCUT2D eigenvalue weighted by Crippen LogP contribution is -2.37. The summed E-state index contributed by atoms with van der Waals surface area (Å²) in [5.74, 6) is -1.24. The molecule has 1 aromatic heterocycles. The van der Waals surface area contributed by atoms with Gasteiger partial charge in [0, 0.05) is 30.1 Å². The molecule has 0 aliphatic carbocycles. The molecular weight excluding hydrogens is 474 g/mol. The molecule has 0 atom stereocenters. The van der Waals surface area contributed by atoms with Crippen molar-refractivity contribution >= 4 is 58.0 Å². The van der Waals surface area contributed by atoms with Crippen molar-refractivity contribution in [1.29, 1.82) is 0 Å². The van der Waals surface area contributed by atoms with E-state index in [1.165, 1.54) is 34.4 Å². The molecule has 2 aliphatic rings. The number of rotatable bonds is 8. The Morgan fingerprint density at radius 2 is 1.76 bits per heavy atom. The summed E-state index contributed by atoms with van der Waals surface area (Å²) in [4.78, 5) is 66.2. The Hall–Kier alpha value is -3.24. The lowest BCUT2D eigenvalue weighted by Gasteiger charge is -2.14. The summed E-state index contributed by atoms with van der Waals surface area (Å²) in [6, 6.07) is 8.13. The molecule has 8 nitrogen and oxygen atoms in total. The summed E-state index contributed by atoms with van der Waals surface area (Å²) in [5, 5.41) is 4.18. The molecule has 1 aromatic carbocycles. The first-order chi connectivity index (χ1) is 16.3. The molecule has 0 bridgehead atoms. The Morgan fingerprint density at radius 1 is 1.00 bits per heavy atom. The Morgan fingerprint density at radius 3 is 2.47 bits per heavy atom. The van der Waals surface area contributed by atoms with E-state index >= 15 is 0 Å². The van der Waals surface area contributed by atoms with Gasteiger partial charge in [-0.05, 0) is 59.8 Å². The molecule has 0 radical (unpaired) electrons. The molecule has 1 N–H and O–H groups in total. The summed E-state index contributed by atoms with van der Waals surface area (Å²) in [6.45, 7) is 4.47. The minimum atomic E-state index is -0.454. The molecule has 1 saturated heterocycles. The second kappa shape index (κ2) is 9.94. The number of thiophene rings is 1. The third kappa shape index (κ3) is 4.83. The van der Waals surface area contributed by atoms with E-state index in [2.05, 4.69) is 5.32 Å². The molecule has 176 valence electrons. The van der Waals surface area contributed by atoms with Crippen molar-refractivity contribution in [2.45, 2.75) is 20.3 Å². The number of amides is 5. The van der Waals surface area contributed by atoms with Gasteiger partial charge in [0.2, 0.25) is 0 Å². The first-order valence-electron chi connectivity index (χ1n) is 10.8. The van der Waals surface area contributed by atoms with Crippen LogP contribution in [0.4, 0.5) is 4.79 Å². The van der Waals surface area contributed by atoms with Crippen molar-refractivity contribution in [2.24, 2.45) is 5.92 Å². The molecule has 0 unspecified atom stereocenters. The minimum Gasteiger partial charge on any atom is -0.350 e. The van der Waals surface area contributed by atoms with Crippen molar-refractivity contribution in [2.75, 3.05) is 19.6 Å². The first-order valence-corrected chi connectivity index (χ1v) is 12.5. The summed E-state index contributed by atoms with van der Waals surface area (Å²) in [6.07, 6.45) is 2.39. The highest BCUT2D eigenvalue weighted by atomic mass is 32.2. The fourth-order valence-electron chi connectivity index (χ4n) is 3.60. The highest BCUT2D eigenvalue weighted by Gasteiger charge is 2.36. The van der Waals surface area contributed by atoms with Gasteiger partial charge in [-0.15, -0.1) is 11.3 Å². The van der Waals surface area contributed by atoms with Crippen LogP contribution in [0.15, 0.2) is 40.6 Å². The highest BCUT2D eigenvalue weighted by Crippen LogP contribution is 2.32. The average Bonchev–Trinajstić information content (AvgIpc) is 3.47. The van der Waals surface area contributed by atoms with Crippen LogP contribution in [0.1, 0.15) is 56.2 Å². The van der Waals surface area contributed by atoms with E-state index in [-0.39, 0.29) is 41.3 Å². The van der Waals surface area contributed by atoms with Crippen LogP contribution in [0.3, 0.4) is 0 Å². The summed E-state index contributed by atoms with van der Waals surface area (Å²) in [7, 11) is 0. The quantitative estimate of drug-likeness (QED) is 0.439. The van der Waals surface area contributed by atoms with Crippen molar-refractivity contribution < 1.29 is 24.0 Å². The zero-order valence-electron chi connectivity index (χ0n) is 18.7. The predicted octanol–water partition coefficient (Wildman–Crippen LogP) is 3.86. The van der Waals surface area contributed by atoms with Crippen molar-refractivity contribution in [1.82, 2.24) is 15.1 Å². The molecule has 34 heavy (non-hydrogen) atoms. The van der Waals surface area contributed by atoms with E-state index < -0.39 is 11.8 Å². The van der Waals surface area contributed by atoms with E-state index in [1.807, 2.05) is 31.4 Å². The van der Waals surface area contributed by atoms with Crippen molar-refractivity contribution in [3.63, 3.8) is 0 Å². The van der Waals surface area contributed by atoms with Gasteiger partial charge in [-0.25, -0.2) is 0 Å². The Bertz CT molecular complexity index is 1200. The average molecular weight is 498 g/mol. The summed E-state index contributed by atoms with van der Waals surface area (Å²) >= 11 is 2.34. The smallest absolute Gasteiger partial charge is 0.293 e. The Balaban J connectivity index is 1.36. The van der Waals surface area contributed by atoms with Gasteiger partial charge in [0.05, 0.1) is 16.0 Å². The molecule has 10 heteroatoms. The normalized spacial score (nSPS) is 16.9. The third-order valence-corrected chi connectivity index (χ3v) is 7.20. The Kier molecular flexibility index (Phi) is 6.99. The number of nitrogens with zero attached hydrogens (tertiary/aromatic N) is 2. The van der Waals surface area contributed by atoms with Gasteiger partial charge in [0.15, 0.2) is 0 Å². The number of thioether (sulfide) groups is 1. The van der Waals surface area contributed by atoms with Gasteiger partial charge in [-0.3, -0.25) is 33.8 Å². The number of carbonyl (C=O) groups is 5. The van der Waals surface area contributed by atoms with Crippen molar-refractivity contribution in [3.8, 4) is 0 Å². The molecule has 4 rings (SSSR count). The van der Waals surface area contributed by atoms with E-state index in [9.17, 15) is 24.0 Å². The van der Waals surface area contributed by atoms with Crippen LogP contribution in [0, 0.1) is 5.92 Å². The second-order valence-corrected chi connectivity index (χ2v) is 10.3. The maximum absolute atomic E-state index is 12.7. The zero-order valence-corrected chi connectivity index (χ0v) is 20.3. The van der Waals surface area contributed by atoms with Crippen LogP contribution in [-0.2, 0) is 4.79 Å². The van der Waals surface area contributed by atoms with E-state index in [0.29, 0.717) is 29.4 Å². The molecule has 2 aromatic rings. The molecule has 0 saturated carbocycles. The van der Waals surface area contributed by atoms with Crippen LogP contribution in [-0.4, -0.2) is 58.3 Å². The molecule has 2 aliphatic heterocycles. The third-order valence-electron chi connectivity index (χ3n) is 5.47. The predicted molar refractivity (Wildman–Crippen MR) is 131 cm³/mol. The van der Waals surface area contributed by atoms with Gasteiger partial charge in [-0.2, -0.15) is 0 Å². The standard InChI is InChI=1S/C24H23N3O5S2/c1-14(2)7-9-26-21(29)17-6-5-15(12-18(17)22(26)30)20(28)25-8-10-27-23(31)19(34-24(27)32)13-16-4-3-11-33-16/h3-6,11-14H,7-10H2,1-2H3,(H,25,28)/b19-13-. The van der Waals surface area contributed by atoms with Gasteiger partial charge in [-0.1, -0.05) is 19.9 Å². The lowest BCUT2D eigenvalue weighted by atomic mass is 10.1. The van der Waals surface area contributed by atoms with Crippen LogP contribution >= 0.6 is 23.1 Å². The molecule has 5 amide bonds. The SMILES string of the molecule is CC(C)CCN1C(=O)c2ccc(C(=O)NCCN3C(=O)S/C(=C\c4cccs4)C3=O)cc2C1=O. The number of nitrogens with one attached hydrogen (secondary N) is 1. The fraction of sp³-hybridized carbons (Fsp3) is 0.292. The van der Waals surface area contributed by atoms with Crippen LogP contribution in [0.25, 0.3) is 6.08 Å². The lowest BCUT2D eigenvalue weighted by molar-refractivity contribution is -0.122. The number of hydrogen-bond donors (Lipinski definition) is 1. The maximum Gasteiger partial charge on any atom is 0.293 e. The van der Waals surface area contributed by atoms with E-state index in [0.717, 1.165) is 21.5 Å². The van der Waals surface area contributed by atoms with Crippen LogP contribution < -0.4 is 5.32 Å². The van der Waals surface area contributed by atoms with Gasteiger partial charge >= 0.3 is 0 Å². The molecule has 0 spiro atoms. The molecule has 1 fully saturated rings. The maximum atomic E-state index is 12.7. The van der Waals surface area contributed by atoms with Crippen LogP contribution in [0.2, 0.25) is 0 Å². The fourth-order valence-corrected chi connectivity index (χ4v) is 5.19. The second-order valence-electron chi connectivity index (χ2n) is 8.31. The highest BCUT2D eigenvalue weighted by molar-refractivity contribution is 8.18. The van der Waals surface area contributed by atoms with Gasteiger partial charge in [0.25, 0.3) is 28.9 Å². The van der Waals surface area contributed by atoms with Crippen LogP contribution in [0.5, 0.6) is 0 Å². The topological polar surface area (TPSA) is 104 Å². The summed E-state index contributed by atoms with van der Waals surface area (Å²) < 4.78 is 0.